The second kappa shape index (κ2) is 8.06. The molecule has 7 nitrogen and oxygen atoms in total. The summed E-state index contributed by atoms with van der Waals surface area (Å²) in [7, 11) is 0. The fourth-order valence-corrected chi connectivity index (χ4v) is 4.03. The van der Waals surface area contributed by atoms with Gasteiger partial charge < -0.3 is 4.90 Å². The van der Waals surface area contributed by atoms with Gasteiger partial charge in [-0.3, -0.25) is 0 Å². The van der Waals surface area contributed by atoms with E-state index in [4.69, 9.17) is 9.97 Å². The molecule has 1 fully saturated rings. The summed E-state index contributed by atoms with van der Waals surface area (Å²) in [6.07, 6.45) is 16.1. The number of allylic oxidation sites excluding steroid dienone is 5. The maximum absolute atomic E-state index is 4.85. The molecular formula is C24H27N7. The fraction of sp³-hybridized carbons (Fsp3) is 0.375. The van der Waals surface area contributed by atoms with Crippen molar-refractivity contribution in [3.8, 4) is 0 Å². The first-order valence-corrected chi connectivity index (χ1v) is 11.0. The predicted molar refractivity (Wildman–Crippen MR) is 122 cm³/mol. The van der Waals surface area contributed by atoms with Gasteiger partial charge in [-0.25, -0.2) is 24.5 Å². The molecule has 0 bridgehead atoms. The van der Waals surface area contributed by atoms with Gasteiger partial charge in [0.15, 0.2) is 5.82 Å². The number of imidazole rings is 1. The maximum Gasteiger partial charge on any atom is 0.159 e. The van der Waals surface area contributed by atoms with Crippen molar-refractivity contribution in [3.63, 3.8) is 0 Å². The van der Waals surface area contributed by atoms with Gasteiger partial charge in [0.05, 0.1) is 5.69 Å². The Hall–Kier alpha value is -3.35. The Morgan fingerprint density at radius 1 is 1.23 bits per heavy atom. The average Bonchev–Trinajstić information content (AvgIpc) is 3.59. The molecular weight excluding hydrogens is 386 g/mol. The van der Waals surface area contributed by atoms with Crippen LogP contribution in [-0.4, -0.2) is 36.1 Å². The molecule has 0 saturated heterocycles. The molecule has 0 aromatic carbocycles. The van der Waals surface area contributed by atoms with Crippen molar-refractivity contribution in [1.29, 1.82) is 0 Å². The Balaban J connectivity index is 1.49. The van der Waals surface area contributed by atoms with Crippen LogP contribution >= 0.6 is 0 Å². The molecule has 1 aliphatic carbocycles. The summed E-state index contributed by atoms with van der Waals surface area (Å²) in [5.41, 5.74) is 4.91. The fourth-order valence-electron chi connectivity index (χ4n) is 4.03. The minimum Gasteiger partial charge on any atom is -0.350 e. The molecule has 0 atom stereocenters. The smallest absolute Gasteiger partial charge is 0.159 e. The lowest BCUT2D eigenvalue weighted by Gasteiger charge is -2.29. The molecule has 3 aromatic rings. The lowest BCUT2D eigenvalue weighted by atomic mass is 10.1. The molecule has 1 aliphatic heterocycles. The van der Waals surface area contributed by atoms with E-state index in [0.717, 1.165) is 60.2 Å². The highest BCUT2D eigenvalue weighted by atomic mass is 15.3. The van der Waals surface area contributed by atoms with Crippen LogP contribution in [0, 0.1) is 6.92 Å². The van der Waals surface area contributed by atoms with Gasteiger partial charge in [0.1, 0.15) is 29.2 Å². The lowest BCUT2D eigenvalue weighted by molar-refractivity contribution is 0.682. The number of hydrogen-bond acceptors (Lipinski definition) is 6. The van der Waals surface area contributed by atoms with E-state index in [9.17, 15) is 0 Å². The summed E-state index contributed by atoms with van der Waals surface area (Å²) < 4.78 is 1.86. The standard InChI is InChI=1S/C24H27N7/c1-4-5-6-7-8-16(2)21-22-24(26-15-27-31(22)17(3)28-21)30-12-11-20-19(14-30)13-25-23(29-20)18-9-10-18/h5-8,13,15,18H,2,4,9-12,14H2,1,3H3/b6-5-,8-7-. The Labute approximate surface area is 182 Å². The normalized spacial score (nSPS) is 16.5. The van der Waals surface area contributed by atoms with Crippen molar-refractivity contribution < 1.29 is 0 Å². The van der Waals surface area contributed by atoms with Gasteiger partial charge in [0.25, 0.3) is 0 Å². The molecule has 158 valence electrons. The van der Waals surface area contributed by atoms with Crippen molar-refractivity contribution in [3.05, 3.63) is 72.0 Å². The zero-order valence-corrected chi connectivity index (χ0v) is 18.1. The summed E-state index contributed by atoms with van der Waals surface area (Å²) in [6, 6.07) is 0. The van der Waals surface area contributed by atoms with Crippen molar-refractivity contribution in [2.45, 2.75) is 52.0 Å². The van der Waals surface area contributed by atoms with Crippen molar-refractivity contribution >= 4 is 16.9 Å². The van der Waals surface area contributed by atoms with E-state index in [2.05, 4.69) is 39.5 Å². The summed E-state index contributed by atoms with van der Waals surface area (Å²) >= 11 is 0. The molecule has 0 radical (unpaired) electrons. The van der Waals surface area contributed by atoms with Crippen LogP contribution in [0.2, 0.25) is 0 Å². The molecule has 5 rings (SSSR count). The molecule has 2 aliphatic rings. The summed E-state index contributed by atoms with van der Waals surface area (Å²) in [5, 5.41) is 4.44. The van der Waals surface area contributed by atoms with Crippen LogP contribution in [0.3, 0.4) is 0 Å². The highest BCUT2D eigenvalue weighted by molar-refractivity contribution is 5.87. The third-order valence-electron chi connectivity index (χ3n) is 5.85. The van der Waals surface area contributed by atoms with Gasteiger partial charge in [0, 0.05) is 37.2 Å². The monoisotopic (exact) mass is 413 g/mol. The SMILES string of the molecule is C=C(/C=C\C=C/CC)c1nc(C)n2ncnc(N3CCc4nc(C5CC5)ncc4C3)c12. The predicted octanol–water partition coefficient (Wildman–Crippen LogP) is 4.20. The maximum atomic E-state index is 4.85. The molecule has 0 spiro atoms. The van der Waals surface area contributed by atoms with Crippen LogP contribution in [0.5, 0.6) is 0 Å². The molecule has 0 N–H and O–H groups in total. The summed E-state index contributed by atoms with van der Waals surface area (Å²) in [5.74, 6) is 3.29. The van der Waals surface area contributed by atoms with Crippen molar-refractivity contribution in [1.82, 2.24) is 29.5 Å². The van der Waals surface area contributed by atoms with Crippen LogP contribution in [0.15, 0.2) is 43.4 Å². The molecule has 1 saturated carbocycles. The van der Waals surface area contributed by atoms with Gasteiger partial charge in [-0.1, -0.05) is 37.8 Å². The Bertz CT molecular complexity index is 1200. The number of fused-ring (bicyclic) bond motifs is 2. The number of aromatic nitrogens is 6. The second-order valence-electron chi connectivity index (χ2n) is 8.22. The van der Waals surface area contributed by atoms with Crippen LogP contribution in [0.1, 0.15) is 60.7 Å². The molecule has 0 amide bonds. The minimum absolute atomic E-state index is 0.577. The first-order valence-electron chi connectivity index (χ1n) is 11.0. The first-order chi connectivity index (χ1) is 15.2. The Kier molecular flexibility index (Phi) is 5.10. The highest BCUT2D eigenvalue weighted by Gasteiger charge is 2.29. The lowest BCUT2D eigenvalue weighted by Crippen LogP contribution is -2.32. The number of hydrogen-bond donors (Lipinski definition) is 0. The van der Waals surface area contributed by atoms with Crippen LogP contribution in [0.4, 0.5) is 5.82 Å². The molecule has 4 heterocycles. The number of aryl methyl sites for hydroxylation is 1. The van der Waals surface area contributed by atoms with E-state index in [1.54, 1.807) is 6.33 Å². The van der Waals surface area contributed by atoms with Gasteiger partial charge in [-0.05, 0) is 31.8 Å². The minimum atomic E-state index is 0.577. The third-order valence-corrected chi connectivity index (χ3v) is 5.85. The highest BCUT2D eigenvalue weighted by Crippen LogP contribution is 2.38. The number of anilines is 1. The second-order valence-corrected chi connectivity index (χ2v) is 8.22. The van der Waals surface area contributed by atoms with E-state index < -0.39 is 0 Å². The number of nitrogens with zero attached hydrogens (tertiary/aromatic N) is 7. The zero-order valence-electron chi connectivity index (χ0n) is 18.1. The van der Waals surface area contributed by atoms with Crippen LogP contribution < -0.4 is 4.90 Å². The van der Waals surface area contributed by atoms with Crippen molar-refractivity contribution in [2.75, 3.05) is 11.4 Å². The van der Waals surface area contributed by atoms with Gasteiger partial charge in [0.2, 0.25) is 0 Å². The molecule has 31 heavy (non-hydrogen) atoms. The van der Waals surface area contributed by atoms with Gasteiger partial charge >= 0.3 is 0 Å². The number of rotatable bonds is 6. The average molecular weight is 414 g/mol. The third kappa shape index (κ3) is 3.76. The van der Waals surface area contributed by atoms with Crippen LogP contribution in [-0.2, 0) is 13.0 Å². The molecule has 0 unspecified atom stereocenters. The summed E-state index contributed by atoms with van der Waals surface area (Å²) in [4.78, 5) is 21.2. The van der Waals surface area contributed by atoms with E-state index in [-0.39, 0.29) is 0 Å². The van der Waals surface area contributed by atoms with Gasteiger partial charge in [-0.2, -0.15) is 5.10 Å². The van der Waals surface area contributed by atoms with Crippen molar-refractivity contribution in [2.24, 2.45) is 0 Å². The Morgan fingerprint density at radius 3 is 2.90 bits per heavy atom. The van der Waals surface area contributed by atoms with Gasteiger partial charge in [-0.15, -0.1) is 0 Å². The quantitative estimate of drug-likeness (QED) is 0.564. The zero-order chi connectivity index (χ0) is 21.4. The molecule has 7 heteroatoms. The summed E-state index contributed by atoms with van der Waals surface area (Å²) in [6.45, 7) is 9.91. The topological polar surface area (TPSA) is 72.1 Å². The van der Waals surface area contributed by atoms with E-state index in [0.29, 0.717) is 5.92 Å². The first kappa shape index (κ1) is 19.6. The van der Waals surface area contributed by atoms with E-state index in [1.807, 2.05) is 35.9 Å². The molecule has 3 aromatic heterocycles. The van der Waals surface area contributed by atoms with E-state index >= 15 is 0 Å². The largest absolute Gasteiger partial charge is 0.350 e. The Morgan fingerprint density at radius 2 is 2.10 bits per heavy atom. The van der Waals surface area contributed by atoms with Crippen LogP contribution in [0.25, 0.3) is 11.1 Å². The van der Waals surface area contributed by atoms with E-state index in [1.165, 1.54) is 24.1 Å².